The van der Waals surface area contributed by atoms with Crippen LogP contribution >= 0.6 is 11.6 Å². The van der Waals surface area contributed by atoms with Gasteiger partial charge in [0, 0.05) is 17.8 Å². The second-order valence-electron chi connectivity index (χ2n) is 2.19. The summed E-state index contributed by atoms with van der Waals surface area (Å²) >= 11 is 5.73. The first-order valence-electron chi connectivity index (χ1n) is 3.10. The molecule has 11 heavy (non-hydrogen) atoms. The third-order valence-electron chi connectivity index (χ3n) is 1.55. The Morgan fingerprint density at radius 2 is 2.27 bits per heavy atom. The van der Waals surface area contributed by atoms with Crippen molar-refractivity contribution in [2.24, 2.45) is 0 Å². The number of pyridine rings is 1. The van der Waals surface area contributed by atoms with Gasteiger partial charge in [-0.25, -0.2) is 4.98 Å². The first kappa shape index (κ1) is 6.49. The molecule has 56 valence electrons. The van der Waals surface area contributed by atoms with Gasteiger partial charge in [0.2, 0.25) is 0 Å². The van der Waals surface area contributed by atoms with Gasteiger partial charge in [0.15, 0.2) is 0 Å². The molecule has 0 aliphatic heterocycles. The molecule has 0 saturated carbocycles. The summed E-state index contributed by atoms with van der Waals surface area (Å²) in [5.74, 6) is 0. The Labute approximate surface area is 67.8 Å². The molecule has 0 aliphatic carbocycles. The van der Waals surface area contributed by atoms with Gasteiger partial charge in [-0.15, -0.1) is 0 Å². The molecule has 2 heterocycles. The molecule has 0 radical (unpaired) electrons. The van der Waals surface area contributed by atoms with Crippen molar-refractivity contribution in [3.63, 3.8) is 0 Å². The number of halogens is 1. The Morgan fingerprint density at radius 3 is 3.00 bits per heavy atom. The molecule has 2 aromatic heterocycles. The predicted octanol–water partition coefficient (Wildman–Crippen LogP) is 1.93. The van der Waals surface area contributed by atoms with Crippen molar-refractivity contribution in [3.05, 3.63) is 29.7 Å². The van der Waals surface area contributed by atoms with Crippen LogP contribution in [0.5, 0.6) is 0 Å². The minimum atomic E-state index is 0.412. The Kier molecular flexibility index (Phi) is 1.26. The zero-order valence-corrected chi connectivity index (χ0v) is 6.28. The normalized spacial score (nSPS) is 10.6. The van der Waals surface area contributed by atoms with Crippen LogP contribution in [0.1, 0.15) is 0 Å². The van der Waals surface area contributed by atoms with E-state index in [1.807, 2.05) is 0 Å². The van der Waals surface area contributed by atoms with Gasteiger partial charge in [-0.1, -0.05) is 11.6 Å². The standard InChI is InChI=1S/C7H5ClN2O/c8-7-5-2-4-10(11)6(5)1-3-9-7/h1-4,11H. The predicted molar refractivity (Wildman–Crippen MR) is 41.9 cm³/mol. The summed E-state index contributed by atoms with van der Waals surface area (Å²) in [5, 5.41) is 10.3. The fourth-order valence-electron chi connectivity index (χ4n) is 1.02. The zero-order valence-electron chi connectivity index (χ0n) is 5.53. The van der Waals surface area contributed by atoms with Crippen LogP contribution in [0.15, 0.2) is 24.5 Å². The molecule has 0 aromatic carbocycles. The molecule has 4 heteroatoms. The maximum atomic E-state index is 9.17. The largest absolute Gasteiger partial charge is 0.428 e. The minimum absolute atomic E-state index is 0.412. The van der Waals surface area contributed by atoms with Crippen molar-refractivity contribution in [1.82, 2.24) is 9.71 Å². The lowest BCUT2D eigenvalue weighted by atomic mass is 10.3. The molecule has 2 aromatic rings. The quantitative estimate of drug-likeness (QED) is 0.482. The Morgan fingerprint density at radius 1 is 1.45 bits per heavy atom. The van der Waals surface area contributed by atoms with E-state index in [9.17, 15) is 0 Å². The van der Waals surface area contributed by atoms with Crippen LogP contribution in [0, 0.1) is 0 Å². The molecule has 0 fully saturated rings. The molecule has 0 saturated heterocycles. The second kappa shape index (κ2) is 2.13. The lowest BCUT2D eigenvalue weighted by Crippen LogP contribution is -1.85. The van der Waals surface area contributed by atoms with E-state index >= 15 is 0 Å². The number of hydrogen-bond acceptors (Lipinski definition) is 2. The third-order valence-corrected chi connectivity index (χ3v) is 1.85. The summed E-state index contributed by atoms with van der Waals surface area (Å²) in [7, 11) is 0. The van der Waals surface area contributed by atoms with Gasteiger partial charge < -0.3 is 5.21 Å². The number of nitrogens with zero attached hydrogens (tertiary/aromatic N) is 2. The molecule has 0 amide bonds. The second-order valence-corrected chi connectivity index (χ2v) is 2.55. The van der Waals surface area contributed by atoms with Crippen molar-refractivity contribution >= 4 is 22.5 Å². The Bertz CT molecular complexity index is 396. The van der Waals surface area contributed by atoms with Gasteiger partial charge >= 0.3 is 0 Å². The number of aromatic nitrogens is 2. The highest BCUT2D eigenvalue weighted by Gasteiger charge is 2.02. The van der Waals surface area contributed by atoms with Gasteiger partial charge in [0.05, 0.1) is 5.52 Å². The molecular weight excluding hydrogens is 164 g/mol. The van der Waals surface area contributed by atoms with Crippen LogP contribution in [0.2, 0.25) is 5.15 Å². The van der Waals surface area contributed by atoms with Gasteiger partial charge in [0.25, 0.3) is 0 Å². The first-order chi connectivity index (χ1) is 5.29. The smallest absolute Gasteiger partial charge is 0.138 e. The highest BCUT2D eigenvalue weighted by Crippen LogP contribution is 2.20. The average Bonchev–Trinajstić information content (AvgIpc) is 2.35. The summed E-state index contributed by atoms with van der Waals surface area (Å²) < 4.78 is 1.02. The maximum Gasteiger partial charge on any atom is 0.138 e. The number of fused-ring (bicyclic) bond motifs is 1. The van der Waals surface area contributed by atoms with E-state index in [-0.39, 0.29) is 0 Å². The van der Waals surface area contributed by atoms with Gasteiger partial charge in [-0.3, -0.25) is 0 Å². The molecule has 0 spiro atoms. The fraction of sp³-hybridized carbons (Fsp3) is 0. The van der Waals surface area contributed by atoms with Crippen molar-refractivity contribution in [3.8, 4) is 0 Å². The van der Waals surface area contributed by atoms with E-state index in [4.69, 9.17) is 16.8 Å². The number of hydrogen-bond donors (Lipinski definition) is 1. The van der Waals surface area contributed by atoms with E-state index in [1.165, 1.54) is 6.20 Å². The lowest BCUT2D eigenvalue weighted by molar-refractivity contribution is 0.200. The monoisotopic (exact) mass is 168 g/mol. The Hall–Kier alpha value is -1.22. The van der Waals surface area contributed by atoms with Crippen LogP contribution in [0.4, 0.5) is 0 Å². The van der Waals surface area contributed by atoms with Crippen molar-refractivity contribution in [2.45, 2.75) is 0 Å². The van der Waals surface area contributed by atoms with Crippen LogP contribution in [-0.2, 0) is 0 Å². The van der Waals surface area contributed by atoms with Crippen molar-refractivity contribution in [1.29, 1.82) is 0 Å². The third kappa shape index (κ3) is 0.851. The molecule has 0 atom stereocenters. The van der Waals surface area contributed by atoms with Crippen LogP contribution in [0.25, 0.3) is 10.9 Å². The summed E-state index contributed by atoms with van der Waals surface area (Å²) in [6.45, 7) is 0. The highest BCUT2D eigenvalue weighted by molar-refractivity contribution is 6.34. The van der Waals surface area contributed by atoms with Gasteiger partial charge in [-0.2, -0.15) is 4.73 Å². The molecule has 2 rings (SSSR count). The maximum absolute atomic E-state index is 9.17. The lowest BCUT2D eigenvalue weighted by Gasteiger charge is -1.93. The fourth-order valence-corrected chi connectivity index (χ4v) is 1.23. The molecule has 0 unspecified atom stereocenters. The van der Waals surface area contributed by atoms with Gasteiger partial charge in [0.1, 0.15) is 5.15 Å². The van der Waals surface area contributed by atoms with Crippen molar-refractivity contribution in [2.75, 3.05) is 0 Å². The minimum Gasteiger partial charge on any atom is -0.428 e. The Balaban J connectivity index is 2.94. The first-order valence-corrected chi connectivity index (χ1v) is 3.47. The number of rotatable bonds is 0. The average molecular weight is 169 g/mol. The molecule has 3 nitrogen and oxygen atoms in total. The van der Waals surface area contributed by atoms with Gasteiger partial charge in [-0.05, 0) is 12.1 Å². The summed E-state index contributed by atoms with van der Waals surface area (Å²) in [5.41, 5.74) is 0.671. The van der Waals surface area contributed by atoms with Crippen molar-refractivity contribution < 1.29 is 5.21 Å². The summed E-state index contributed by atoms with van der Waals surface area (Å²) in [4.78, 5) is 3.86. The van der Waals surface area contributed by atoms with Crippen LogP contribution in [-0.4, -0.2) is 14.9 Å². The summed E-state index contributed by atoms with van der Waals surface area (Å²) in [6.07, 6.45) is 3.08. The topological polar surface area (TPSA) is 38.0 Å². The summed E-state index contributed by atoms with van der Waals surface area (Å²) in [6, 6.07) is 3.41. The SMILES string of the molecule is On1ccc2c(Cl)nccc21. The molecule has 1 N–H and O–H groups in total. The van der Waals surface area contributed by atoms with E-state index < -0.39 is 0 Å². The van der Waals surface area contributed by atoms with Crippen LogP contribution in [0.3, 0.4) is 0 Å². The van der Waals surface area contributed by atoms with E-state index in [1.54, 1.807) is 18.3 Å². The van der Waals surface area contributed by atoms with Crippen LogP contribution < -0.4 is 0 Å². The van der Waals surface area contributed by atoms with E-state index in [0.717, 1.165) is 10.1 Å². The zero-order chi connectivity index (χ0) is 7.84. The molecule has 0 aliphatic rings. The van der Waals surface area contributed by atoms with E-state index in [2.05, 4.69) is 4.98 Å². The highest BCUT2D eigenvalue weighted by atomic mass is 35.5. The van der Waals surface area contributed by atoms with E-state index in [0.29, 0.717) is 10.7 Å². The molecule has 0 bridgehead atoms. The molecular formula is C7H5ClN2O.